The SMILES string of the molecule is c1ccc(C2=NC(c3cccc4sc5c(-c6cccc7sc8cc(-n9c%10ccccc%10c%10ccccc%109)ccc8c67)cccc5c34)NC(c3ccccc3)N2)cc1. The molecule has 0 saturated heterocycles. The average Bonchev–Trinajstić information content (AvgIpc) is 3.96. The first-order valence-electron chi connectivity index (χ1n) is 19.4. The van der Waals surface area contributed by atoms with Crippen LogP contribution in [0.4, 0.5) is 0 Å². The Morgan fingerprint density at radius 1 is 0.491 bits per heavy atom. The van der Waals surface area contributed by atoms with Crippen molar-refractivity contribution in [2.75, 3.05) is 0 Å². The first-order valence-corrected chi connectivity index (χ1v) is 21.0. The zero-order chi connectivity index (χ0) is 37.5. The van der Waals surface area contributed by atoms with E-state index >= 15 is 0 Å². The molecule has 0 saturated carbocycles. The molecule has 12 rings (SSSR count). The van der Waals surface area contributed by atoms with Crippen LogP contribution in [0.3, 0.4) is 0 Å². The van der Waals surface area contributed by atoms with Gasteiger partial charge in [0.1, 0.15) is 18.2 Å². The van der Waals surface area contributed by atoms with Crippen LogP contribution in [0, 0.1) is 0 Å². The molecule has 0 spiro atoms. The van der Waals surface area contributed by atoms with Crippen LogP contribution in [-0.2, 0) is 0 Å². The van der Waals surface area contributed by atoms with Crippen molar-refractivity contribution in [3.8, 4) is 16.8 Å². The molecule has 0 amide bonds. The van der Waals surface area contributed by atoms with Gasteiger partial charge in [0.15, 0.2) is 0 Å². The number of thiophene rings is 2. The minimum Gasteiger partial charge on any atom is -0.350 e. The highest BCUT2D eigenvalue weighted by molar-refractivity contribution is 7.27. The van der Waals surface area contributed by atoms with Gasteiger partial charge >= 0.3 is 0 Å². The second-order valence-electron chi connectivity index (χ2n) is 14.7. The van der Waals surface area contributed by atoms with E-state index in [0.717, 1.165) is 11.4 Å². The van der Waals surface area contributed by atoms with Crippen molar-refractivity contribution in [1.82, 2.24) is 15.2 Å². The van der Waals surface area contributed by atoms with E-state index in [9.17, 15) is 0 Å². The third-order valence-corrected chi connectivity index (χ3v) is 13.8. The summed E-state index contributed by atoms with van der Waals surface area (Å²) in [6, 6.07) is 65.9. The fourth-order valence-corrected chi connectivity index (χ4v) is 11.4. The molecule has 0 aliphatic carbocycles. The number of hydrogen-bond donors (Lipinski definition) is 2. The van der Waals surface area contributed by atoms with Gasteiger partial charge in [-0.1, -0.05) is 146 Å². The first-order chi connectivity index (χ1) is 28.3. The number of fused-ring (bicyclic) bond motifs is 9. The summed E-state index contributed by atoms with van der Waals surface area (Å²) in [7, 11) is 0. The highest BCUT2D eigenvalue weighted by Gasteiger charge is 2.28. The minimum absolute atomic E-state index is 0.0976. The number of aromatic nitrogens is 1. The Kier molecular flexibility index (Phi) is 7.45. The van der Waals surface area contributed by atoms with Crippen LogP contribution in [0.15, 0.2) is 187 Å². The predicted molar refractivity (Wildman–Crippen MR) is 243 cm³/mol. The van der Waals surface area contributed by atoms with Crippen LogP contribution in [-0.4, -0.2) is 10.4 Å². The van der Waals surface area contributed by atoms with Crippen molar-refractivity contribution in [2.45, 2.75) is 12.3 Å². The molecule has 0 radical (unpaired) electrons. The molecule has 4 heterocycles. The minimum atomic E-state index is -0.246. The zero-order valence-corrected chi connectivity index (χ0v) is 32.3. The summed E-state index contributed by atoms with van der Waals surface area (Å²) in [6.07, 6.45) is -0.343. The van der Waals surface area contributed by atoms with E-state index in [4.69, 9.17) is 4.99 Å². The molecule has 8 aromatic carbocycles. The van der Waals surface area contributed by atoms with Crippen molar-refractivity contribution < 1.29 is 0 Å². The third-order valence-electron chi connectivity index (χ3n) is 11.5. The number of aliphatic imine (C=N–C) groups is 1. The van der Waals surface area contributed by atoms with Crippen LogP contribution < -0.4 is 10.6 Å². The van der Waals surface area contributed by atoms with Crippen LogP contribution in [0.2, 0.25) is 0 Å². The van der Waals surface area contributed by atoms with Crippen molar-refractivity contribution in [2.24, 2.45) is 4.99 Å². The number of hydrogen-bond acceptors (Lipinski definition) is 5. The summed E-state index contributed by atoms with van der Waals surface area (Å²) in [5.41, 5.74) is 9.62. The highest BCUT2D eigenvalue weighted by atomic mass is 32.1. The standard InChI is InChI=1S/C51H34N4S2/c1-3-14-31(15-4-1)49-52-50(32-16-5-2-6-17-32)54-51(53-49)40-23-13-27-44-47(40)39-22-11-21-37(48(39)57-44)36-20-12-26-43-46(36)38-29-28-33(30-45(38)56-43)55-41-24-9-7-18-34(41)35-19-8-10-25-42(35)55/h1-30,49,51,53H,(H,52,54). The normalized spacial score (nSPS) is 15.9. The summed E-state index contributed by atoms with van der Waals surface area (Å²) in [5.74, 6) is 0.891. The lowest BCUT2D eigenvalue weighted by molar-refractivity contribution is 0.410. The Labute approximate surface area is 337 Å². The summed E-state index contributed by atoms with van der Waals surface area (Å²) in [4.78, 5) is 5.34. The van der Waals surface area contributed by atoms with Gasteiger partial charge in [-0.05, 0) is 47.5 Å². The van der Waals surface area contributed by atoms with Crippen molar-refractivity contribution >= 4 is 90.7 Å². The summed E-state index contributed by atoms with van der Waals surface area (Å²) >= 11 is 3.77. The topological polar surface area (TPSA) is 41.4 Å². The van der Waals surface area contributed by atoms with E-state index in [1.807, 2.05) is 22.7 Å². The molecule has 270 valence electrons. The van der Waals surface area contributed by atoms with Gasteiger partial charge in [0.2, 0.25) is 0 Å². The van der Waals surface area contributed by atoms with Crippen LogP contribution in [0.1, 0.15) is 29.0 Å². The van der Waals surface area contributed by atoms with E-state index in [1.165, 1.54) is 90.1 Å². The summed E-state index contributed by atoms with van der Waals surface area (Å²) < 4.78 is 7.57. The predicted octanol–water partition coefficient (Wildman–Crippen LogP) is 13.5. The van der Waals surface area contributed by atoms with Gasteiger partial charge in [0.05, 0.1) is 11.0 Å². The van der Waals surface area contributed by atoms with Gasteiger partial charge < -0.3 is 9.88 Å². The molecule has 2 unspecified atom stereocenters. The Hall–Kier alpha value is -6.57. The van der Waals surface area contributed by atoms with Gasteiger partial charge in [0.25, 0.3) is 0 Å². The Morgan fingerprint density at radius 3 is 1.93 bits per heavy atom. The second-order valence-corrected chi connectivity index (χ2v) is 16.9. The molecular formula is C51H34N4S2. The highest BCUT2D eigenvalue weighted by Crippen LogP contribution is 2.47. The molecule has 4 nitrogen and oxygen atoms in total. The van der Waals surface area contributed by atoms with Crippen LogP contribution in [0.5, 0.6) is 0 Å². The molecule has 1 aliphatic rings. The smallest absolute Gasteiger partial charge is 0.131 e. The molecule has 57 heavy (non-hydrogen) atoms. The maximum atomic E-state index is 5.34. The van der Waals surface area contributed by atoms with Gasteiger partial charge in [-0.2, -0.15) is 0 Å². The lowest BCUT2D eigenvalue weighted by Crippen LogP contribution is -2.44. The molecule has 2 N–H and O–H groups in total. The lowest BCUT2D eigenvalue weighted by Gasteiger charge is -2.32. The van der Waals surface area contributed by atoms with Crippen molar-refractivity contribution in [1.29, 1.82) is 0 Å². The lowest BCUT2D eigenvalue weighted by atomic mass is 9.96. The average molecular weight is 767 g/mol. The Balaban J connectivity index is 1.01. The van der Waals surface area contributed by atoms with E-state index in [2.05, 4.69) is 197 Å². The number of rotatable bonds is 5. The van der Waals surface area contributed by atoms with E-state index < -0.39 is 0 Å². The van der Waals surface area contributed by atoms with Crippen molar-refractivity contribution in [3.63, 3.8) is 0 Å². The fourth-order valence-electron chi connectivity index (χ4n) is 8.97. The maximum Gasteiger partial charge on any atom is 0.131 e. The zero-order valence-electron chi connectivity index (χ0n) is 30.7. The monoisotopic (exact) mass is 766 g/mol. The summed E-state index contributed by atoms with van der Waals surface area (Å²) in [6.45, 7) is 0. The fraction of sp³-hybridized carbons (Fsp3) is 0.0392. The Morgan fingerprint density at radius 2 is 1.14 bits per heavy atom. The van der Waals surface area contributed by atoms with E-state index in [-0.39, 0.29) is 12.3 Å². The van der Waals surface area contributed by atoms with E-state index in [1.54, 1.807) is 0 Å². The molecule has 0 bridgehead atoms. The Bertz CT molecular complexity index is 3320. The quantitative estimate of drug-likeness (QED) is 0.183. The molecule has 1 aliphatic heterocycles. The van der Waals surface area contributed by atoms with Crippen molar-refractivity contribution in [3.05, 3.63) is 199 Å². The van der Waals surface area contributed by atoms with Gasteiger partial charge in [-0.3, -0.25) is 5.32 Å². The number of nitrogens with one attached hydrogen (secondary N) is 2. The van der Waals surface area contributed by atoms with Gasteiger partial charge in [-0.15, -0.1) is 22.7 Å². The molecule has 11 aromatic rings. The molecular weight excluding hydrogens is 733 g/mol. The number of para-hydroxylation sites is 2. The maximum absolute atomic E-state index is 5.34. The first kappa shape index (κ1) is 32.7. The number of benzene rings is 8. The molecule has 2 atom stereocenters. The van der Waals surface area contributed by atoms with Gasteiger partial charge in [0, 0.05) is 73.5 Å². The number of amidine groups is 1. The largest absolute Gasteiger partial charge is 0.350 e. The summed E-state index contributed by atoms with van der Waals surface area (Å²) in [5, 5.41) is 15.3. The second kappa shape index (κ2) is 13.0. The van der Waals surface area contributed by atoms with Gasteiger partial charge in [-0.25, -0.2) is 4.99 Å². The third kappa shape index (κ3) is 5.19. The molecule has 0 fully saturated rings. The van der Waals surface area contributed by atoms with Crippen LogP contribution >= 0.6 is 22.7 Å². The molecule has 6 heteroatoms. The molecule has 3 aromatic heterocycles. The van der Waals surface area contributed by atoms with Crippen LogP contribution in [0.25, 0.3) is 79.0 Å². The number of nitrogens with zero attached hydrogens (tertiary/aromatic N) is 2. The van der Waals surface area contributed by atoms with E-state index in [0.29, 0.717) is 0 Å².